The summed E-state index contributed by atoms with van der Waals surface area (Å²) in [6.45, 7) is 0. The molecule has 2 aromatic heterocycles. The fourth-order valence-corrected chi connectivity index (χ4v) is 1.25. The molecule has 1 N–H and O–H groups in total. The van der Waals surface area contributed by atoms with Crippen LogP contribution in [0.4, 0.5) is 0 Å². The second-order valence-corrected chi connectivity index (χ2v) is 2.94. The molecule has 7 heteroatoms. The van der Waals surface area contributed by atoms with Gasteiger partial charge in [0.1, 0.15) is 0 Å². The Hall–Kier alpha value is -1.64. The second-order valence-electron chi connectivity index (χ2n) is 2.94. The van der Waals surface area contributed by atoms with E-state index in [-0.39, 0.29) is 26.0 Å². The zero-order chi connectivity index (χ0) is 10.8. The summed E-state index contributed by atoms with van der Waals surface area (Å²) in [7, 11) is 1.65. The molecule has 0 bridgehead atoms. The fraction of sp³-hybridized carbons (Fsp3) is 0.111. The average molecular weight is 212 g/mol. The SMILES string of the molecule is Cn1cc(-c2ncccn2)c(C(=O)O)n1.[H-].[Li+]. The molecule has 78 valence electrons. The van der Waals surface area contributed by atoms with E-state index in [4.69, 9.17) is 5.11 Å². The summed E-state index contributed by atoms with van der Waals surface area (Å²) in [6.07, 6.45) is 4.70. The molecule has 0 aliphatic rings. The smallest absolute Gasteiger partial charge is 1.00 e. The first kappa shape index (κ1) is 12.4. The summed E-state index contributed by atoms with van der Waals surface area (Å²) in [5, 5.41) is 12.7. The van der Waals surface area contributed by atoms with E-state index in [1.807, 2.05) is 0 Å². The summed E-state index contributed by atoms with van der Waals surface area (Å²) >= 11 is 0. The summed E-state index contributed by atoms with van der Waals surface area (Å²) in [5.41, 5.74) is 0.384. The zero-order valence-electron chi connectivity index (χ0n) is 9.95. The number of aromatic carboxylic acids is 1. The Labute approximate surface area is 105 Å². The maximum Gasteiger partial charge on any atom is 1.00 e. The molecule has 0 amide bonds. The standard InChI is InChI=1S/C9H8N4O2.Li.H/c1-13-5-6(7(12-13)9(14)15)8-10-3-2-4-11-8;;/h2-5H,1H3,(H,14,15);;/q;+1;-1. The van der Waals surface area contributed by atoms with Gasteiger partial charge in [-0.3, -0.25) is 4.68 Å². The predicted octanol–water partition coefficient (Wildman–Crippen LogP) is -2.31. The number of rotatable bonds is 2. The molecule has 0 unspecified atom stereocenters. The van der Waals surface area contributed by atoms with Gasteiger partial charge in [-0.2, -0.15) is 5.10 Å². The van der Waals surface area contributed by atoms with Crippen molar-refractivity contribution in [1.29, 1.82) is 0 Å². The largest absolute Gasteiger partial charge is 1.00 e. The second kappa shape index (κ2) is 4.92. The van der Waals surface area contributed by atoms with Gasteiger partial charge in [0.15, 0.2) is 11.5 Å². The first-order valence-corrected chi connectivity index (χ1v) is 4.23. The third kappa shape index (κ3) is 2.29. The van der Waals surface area contributed by atoms with E-state index in [0.717, 1.165) is 0 Å². The van der Waals surface area contributed by atoms with E-state index in [2.05, 4.69) is 15.1 Å². The minimum Gasteiger partial charge on any atom is -1.00 e. The Morgan fingerprint density at radius 2 is 2.06 bits per heavy atom. The minimum absolute atomic E-state index is 0. The molecule has 0 saturated heterocycles. The summed E-state index contributed by atoms with van der Waals surface area (Å²) in [5.74, 6) is -0.721. The van der Waals surface area contributed by atoms with E-state index in [1.54, 1.807) is 31.7 Å². The van der Waals surface area contributed by atoms with Gasteiger partial charge in [0.25, 0.3) is 0 Å². The molecule has 2 rings (SSSR count). The monoisotopic (exact) mass is 212 g/mol. The summed E-state index contributed by atoms with van der Waals surface area (Å²) in [4.78, 5) is 18.8. The molecular formula is C9H9LiN4O2. The van der Waals surface area contributed by atoms with Crippen molar-refractivity contribution < 1.29 is 30.2 Å². The van der Waals surface area contributed by atoms with Gasteiger partial charge in [-0.25, -0.2) is 14.8 Å². The third-order valence-corrected chi connectivity index (χ3v) is 1.84. The summed E-state index contributed by atoms with van der Waals surface area (Å²) in [6, 6.07) is 1.67. The van der Waals surface area contributed by atoms with Crippen molar-refractivity contribution >= 4 is 5.97 Å². The third-order valence-electron chi connectivity index (χ3n) is 1.84. The Balaban J connectivity index is 0.00000128. The Kier molecular flexibility index (Phi) is 3.82. The van der Waals surface area contributed by atoms with Crippen molar-refractivity contribution in [2.75, 3.05) is 0 Å². The molecule has 0 atom stereocenters. The maximum absolute atomic E-state index is 10.9. The van der Waals surface area contributed by atoms with E-state index >= 15 is 0 Å². The van der Waals surface area contributed by atoms with Crippen LogP contribution in [0.3, 0.4) is 0 Å². The van der Waals surface area contributed by atoms with Crippen LogP contribution < -0.4 is 18.9 Å². The Bertz CT molecular complexity index is 503. The van der Waals surface area contributed by atoms with E-state index in [1.165, 1.54) is 4.68 Å². The fourth-order valence-electron chi connectivity index (χ4n) is 1.25. The quantitative estimate of drug-likeness (QED) is 0.566. The topological polar surface area (TPSA) is 80.9 Å². The number of carboxylic acids is 1. The molecule has 0 saturated carbocycles. The van der Waals surface area contributed by atoms with E-state index < -0.39 is 5.97 Å². The first-order chi connectivity index (χ1) is 7.18. The van der Waals surface area contributed by atoms with Gasteiger partial charge in [0.2, 0.25) is 0 Å². The normalized spacial score (nSPS) is 9.56. The van der Waals surface area contributed by atoms with Gasteiger partial charge in [-0.15, -0.1) is 0 Å². The van der Waals surface area contributed by atoms with E-state index in [9.17, 15) is 4.79 Å². The van der Waals surface area contributed by atoms with Gasteiger partial charge in [0, 0.05) is 25.6 Å². The number of hydrogen-bond donors (Lipinski definition) is 1. The maximum atomic E-state index is 10.9. The van der Waals surface area contributed by atoms with Crippen LogP contribution in [0, 0.1) is 0 Å². The molecule has 0 aromatic carbocycles. The van der Waals surface area contributed by atoms with Gasteiger partial charge in [-0.1, -0.05) is 0 Å². The van der Waals surface area contributed by atoms with Crippen molar-refractivity contribution in [3.05, 3.63) is 30.4 Å². The van der Waals surface area contributed by atoms with Crippen molar-refractivity contribution in [2.24, 2.45) is 7.05 Å². The number of hydrogen-bond acceptors (Lipinski definition) is 4. The van der Waals surface area contributed by atoms with Crippen LogP contribution in [-0.2, 0) is 7.05 Å². The molecule has 16 heavy (non-hydrogen) atoms. The van der Waals surface area contributed by atoms with Gasteiger partial charge in [0.05, 0.1) is 5.56 Å². The number of aromatic nitrogens is 4. The van der Waals surface area contributed by atoms with Crippen LogP contribution in [0.15, 0.2) is 24.7 Å². The first-order valence-electron chi connectivity index (χ1n) is 4.23. The average Bonchev–Trinajstić information content (AvgIpc) is 2.62. The predicted molar refractivity (Wildman–Crippen MR) is 52.3 cm³/mol. The van der Waals surface area contributed by atoms with E-state index in [0.29, 0.717) is 11.4 Å². The summed E-state index contributed by atoms with van der Waals surface area (Å²) < 4.78 is 1.43. The molecule has 2 heterocycles. The molecular weight excluding hydrogens is 203 g/mol. The number of carboxylic acid groups (broad SMARTS) is 1. The van der Waals surface area contributed by atoms with Crippen LogP contribution >= 0.6 is 0 Å². The molecule has 0 aliphatic heterocycles. The van der Waals surface area contributed by atoms with Crippen molar-refractivity contribution in [1.82, 2.24) is 19.7 Å². The number of carbonyl (C=O) groups is 1. The van der Waals surface area contributed by atoms with Crippen LogP contribution in [0.1, 0.15) is 11.9 Å². The number of aryl methyl sites for hydroxylation is 1. The Morgan fingerprint density at radius 3 is 2.62 bits per heavy atom. The van der Waals surface area contributed by atoms with Crippen LogP contribution in [0.2, 0.25) is 0 Å². The minimum atomic E-state index is -1.09. The van der Waals surface area contributed by atoms with Crippen LogP contribution in [-0.4, -0.2) is 30.8 Å². The molecule has 0 radical (unpaired) electrons. The molecule has 0 fully saturated rings. The molecule has 0 aliphatic carbocycles. The van der Waals surface area contributed by atoms with Gasteiger partial charge in [-0.05, 0) is 6.07 Å². The van der Waals surface area contributed by atoms with Gasteiger partial charge >= 0.3 is 24.8 Å². The van der Waals surface area contributed by atoms with Crippen LogP contribution in [0.5, 0.6) is 0 Å². The Morgan fingerprint density at radius 1 is 1.44 bits per heavy atom. The van der Waals surface area contributed by atoms with Crippen molar-refractivity contribution in [3.63, 3.8) is 0 Å². The van der Waals surface area contributed by atoms with Gasteiger partial charge < -0.3 is 6.53 Å². The molecule has 0 spiro atoms. The van der Waals surface area contributed by atoms with Crippen molar-refractivity contribution in [2.45, 2.75) is 0 Å². The molecule has 6 nitrogen and oxygen atoms in total. The van der Waals surface area contributed by atoms with Crippen molar-refractivity contribution in [3.8, 4) is 11.4 Å². The number of nitrogens with zero attached hydrogens (tertiary/aromatic N) is 4. The molecule has 2 aromatic rings. The van der Waals surface area contributed by atoms with Crippen LogP contribution in [0.25, 0.3) is 11.4 Å². The zero-order valence-corrected chi connectivity index (χ0v) is 8.95.